The Kier molecular flexibility index (Phi) is 9.19. The topological polar surface area (TPSA) is 61.9 Å². The number of rotatable bonds is 10. The maximum Gasteiger partial charge on any atom is 0.237 e. The zero-order chi connectivity index (χ0) is 22.1. The Labute approximate surface area is 187 Å². The zero-order valence-electron chi connectivity index (χ0n) is 19.3. The SMILES string of the molecule is CCCCCCNC(=O)C1CCCN(CC(=O)N2CCCC2c2cccc(OC)c2)C1. The first-order chi connectivity index (χ1) is 15.1. The van der Waals surface area contributed by atoms with Gasteiger partial charge in [-0.15, -0.1) is 0 Å². The molecule has 0 radical (unpaired) electrons. The Bertz CT molecular complexity index is 724. The van der Waals surface area contributed by atoms with Crippen molar-refractivity contribution in [2.75, 3.05) is 39.8 Å². The maximum atomic E-state index is 13.2. The number of likely N-dealkylation sites (tertiary alicyclic amines) is 2. The molecule has 2 unspecified atom stereocenters. The van der Waals surface area contributed by atoms with Crippen LogP contribution in [0.3, 0.4) is 0 Å². The van der Waals surface area contributed by atoms with E-state index < -0.39 is 0 Å². The first-order valence-electron chi connectivity index (χ1n) is 12.1. The second kappa shape index (κ2) is 12.1. The molecule has 6 heteroatoms. The van der Waals surface area contributed by atoms with Crippen molar-refractivity contribution in [3.8, 4) is 5.75 Å². The Morgan fingerprint density at radius 2 is 1.97 bits per heavy atom. The normalized spacial score (nSPS) is 21.8. The number of amides is 2. The van der Waals surface area contributed by atoms with E-state index in [9.17, 15) is 9.59 Å². The fourth-order valence-electron chi connectivity index (χ4n) is 4.86. The van der Waals surface area contributed by atoms with E-state index in [0.29, 0.717) is 13.1 Å². The summed E-state index contributed by atoms with van der Waals surface area (Å²) >= 11 is 0. The second-order valence-electron chi connectivity index (χ2n) is 8.95. The van der Waals surface area contributed by atoms with Crippen LogP contribution in [0.25, 0.3) is 0 Å². The lowest BCUT2D eigenvalue weighted by molar-refractivity contribution is -0.135. The summed E-state index contributed by atoms with van der Waals surface area (Å²) in [6.45, 7) is 5.74. The second-order valence-corrected chi connectivity index (χ2v) is 8.95. The summed E-state index contributed by atoms with van der Waals surface area (Å²) in [6.07, 6.45) is 8.56. The van der Waals surface area contributed by atoms with Crippen LogP contribution in [-0.2, 0) is 9.59 Å². The summed E-state index contributed by atoms with van der Waals surface area (Å²) in [5.74, 6) is 1.16. The highest BCUT2D eigenvalue weighted by Crippen LogP contribution is 2.33. The van der Waals surface area contributed by atoms with Crippen molar-refractivity contribution in [3.63, 3.8) is 0 Å². The summed E-state index contributed by atoms with van der Waals surface area (Å²) in [7, 11) is 1.67. The van der Waals surface area contributed by atoms with Crippen molar-refractivity contribution in [3.05, 3.63) is 29.8 Å². The predicted octanol–water partition coefficient (Wildman–Crippen LogP) is 3.77. The van der Waals surface area contributed by atoms with Gasteiger partial charge < -0.3 is 15.0 Å². The van der Waals surface area contributed by atoms with Crippen molar-refractivity contribution in [2.45, 2.75) is 64.3 Å². The first kappa shape index (κ1) is 23.6. The highest BCUT2D eigenvalue weighted by molar-refractivity contribution is 5.80. The van der Waals surface area contributed by atoms with E-state index in [2.05, 4.69) is 23.2 Å². The Balaban J connectivity index is 1.50. The fraction of sp³-hybridized carbons (Fsp3) is 0.680. The average molecular weight is 430 g/mol. The molecule has 2 amide bonds. The van der Waals surface area contributed by atoms with Gasteiger partial charge in [0.2, 0.25) is 11.8 Å². The van der Waals surface area contributed by atoms with E-state index in [4.69, 9.17) is 4.74 Å². The zero-order valence-corrected chi connectivity index (χ0v) is 19.3. The number of hydrogen-bond donors (Lipinski definition) is 1. The summed E-state index contributed by atoms with van der Waals surface area (Å²) in [5, 5.41) is 3.11. The van der Waals surface area contributed by atoms with Gasteiger partial charge in [-0.2, -0.15) is 0 Å². The van der Waals surface area contributed by atoms with Crippen molar-refractivity contribution in [2.24, 2.45) is 5.92 Å². The van der Waals surface area contributed by atoms with Gasteiger partial charge in [0, 0.05) is 19.6 Å². The Morgan fingerprint density at radius 1 is 1.13 bits per heavy atom. The van der Waals surface area contributed by atoms with Crippen molar-refractivity contribution in [1.82, 2.24) is 15.1 Å². The Morgan fingerprint density at radius 3 is 2.77 bits per heavy atom. The summed E-state index contributed by atoms with van der Waals surface area (Å²) < 4.78 is 5.36. The molecule has 2 atom stereocenters. The van der Waals surface area contributed by atoms with Crippen LogP contribution in [0.15, 0.2) is 24.3 Å². The number of piperidine rings is 1. The van der Waals surface area contributed by atoms with Gasteiger partial charge >= 0.3 is 0 Å². The third-order valence-electron chi connectivity index (χ3n) is 6.62. The van der Waals surface area contributed by atoms with E-state index >= 15 is 0 Å². The number of nitrogens with one attached hydrogen (secondary N) is 1. The van der Waals surface area contributed by atoms with E-state index in [1.807, 2.05) is 23.1 Å². The van der Waals surface area contributed by atoms with Crippen molar-refractivity contribution < 1.29 is 14.3 Å². The molecule has 0 aromatic heterocycles. The van der Waals surface area contributed by atoms with Gasteiger partial charge in [-0.3, -0.25) is 14.5 Å². The molecule has 0 spiro atoms. The molecule has 2 saturated heterocycles. The quantitative estimate of drug-likeness (QED) is 0.575. The van der Waals surface area contributed by atoms with E-state index in [-0.39, 0.29) is 23.8 Å². The number of methoxy groups -OCH3 is 1. The molecule has 0 bridgehead atoms. The molecule has 2 aliphatic heterocycles. The molecular formula is C25H39N3O3. The van der Waals surface area contributed by atoms with Gasteiger partial charge in [0.25, 0.3) is 0 Å². The molecule has 172 valence electrons. The van der Waals surface area contributed by atoms with Crippen molar-refractivity contribution in [1.29, 1.82) is 0 Å². The Hall–Kier alpha value is -2.08. The molecule has 6 nitrogen and oxygen atoms in total. The van der Waals surface area contributed by atoms with Crippen LogP contribution in [0.5, 0.6) is 5.75 Å². The maximum absolute atomic E-state index is 13.2. The smallest absolute Gasteiger partial charge is 0.237 e. The van der Waals surface area contributed by atoms with Crippen LogP contribution in [0, 0.1) is 5.92 Å². The minimum atomic E-state index is 0.000449. The van der Waals surface area contributed by atoms with Crippen LogP contribution in [0.2, 0.25) is 0 Å². The fourth-order valence-corrected chi connectivity index (χ4v) is 4.86. The number of carbonyl (C=O) groups excluding carboxylic acids is 2. The molecule has 2 fully saturated rings. The van der Waals surface area contributed by atoms with Crippen LogP contribution in [-0.4, -0.2) is 61.4 Å². The minimum absolute atomic E-state index is 0.000449. The molecule has 1 N–H and O–H groups in total. The van der Waals surface area contributed by atoms with Gasteiger partial charge in [-0.05, 0) is 56.3 Å². The minimum Gasteiger partial charge on any atom is -0.497 e. The summed E-state index contributed by atoms with van der Waals surface area (Å²) in [4.78, 5) is 29.9. The molecule has 0 saturated carbocycles. The standard InChI is InChI=1S/C25H39N3O3/c1-3-4-5-6-14-26-25(30)21-11-8-15-27(18-21)19-24(29)28-16-9-13-23(28)20-10-7-12-22(17-20)31-2/h7,10,12,17,21,23H,3-6,8-9,11,13-16,18-19H2,1-2H3,(H,26,30). The van der Waals surface area contributed by atoms with Crippen LogP contribution in [0.1, 0.15) is 69.9 Å². The van der Waals surface area contributed by atoms with Gasteiger partial charge in [0.05, 0.1) is 25.6 Å². The molecule has 2 aliphatic rings. The highest BCUT2D eigenvalue weighted by atomic mass is 16.5. The van der Waals surface area contributed by atoms with Gasteiger partial charge in [0.1, 0.15) is 5.75 Å². The van der Waals surface area contributed by atoms with Crippen molar-refractivity contribution >= 4 is 11.8 Å². The molecule has 2 heterocycles. The summed E-state index contributed by atoms with van der Waals surface area (Å²) in [5.41, 5.74) is 1.14. The van der Waals surface area contributed by atoms with Gasteiger partial charge in [0.15, 0.2) is 0 Å². The van der Waals surface area contributed by atoms with E-state index in [1.54, 1.807) is 7.11 Å². The third-order valence-corrected chi connectivity index (χ3v) is 6.62. The largest absolute Gasteiger partial charge is 0.497 e. The van der Waals surface area contributed by atoms with Crippen LogP contribution >= 0.6 is 0 Å². The molecule has 0 aliphatic carbocycles. The number of benzene rings is 1. The number of nitrogens with zero attached hydrogens (tertiary/aromatic N) is 2. The molecule has 3 rings (SSSR count). The number of ether oxygens (including phenoxy) is 1. The van der Waals surface area contributed by atoms with E-state index in [1.165, 1.54) is 19.3 Å². The first-order valence-corrected chi connectivity index (χ1v) is 12.1. The lowest BCUT2D eigenvalue weighted by Crippen LogP contribution is -2.47. The van der Waals surface area contributed by atoms with Crippen LogP contribution < -0.4 is 10.1 Å². The van der Waals surface area contributed by atoms with E-state index in [0.717, 1.165) is 63.1 Å². The average Bonchev–Trinajstić information content (AvgIpc) is 3.29. The van der Waals surface area contributed by atoms with Crippen LogP contribution in [0.4, 0.5) is 0 Å². The monoisotopic (exact) mass is 429 g/mol. The number of carbonyl (C=O) groups is 2. The molecule has 1 aromatic rings. The lowest BCUT2D eigenvalue weighted by Gasteiger charge is -2.34. The lowest BCUT2D eigenvalue weighted by atomic mass is 9.97. The highest BCUT2D eigenvalue weighted by Gasteiger charge is 2.33. The van der Waals surface area contributed by atoms with Gasteiger partial charge in [-0.25, -0.2) is 0 Å². The molecule has 31 heavy (non-hydrogen) atoms. The molecule has 1 aromatic carbocycles. The number of unbranched alkanes of at least 4 members (excludes halogenated alkanes) is 3. The predicted molar refractivity (Wildman–Crippen MR) is 123 cm³/mol. The summed E-state index contributed by atoms with van der Waals surface area (Å²) in [6, 6.07) is 8.17. The van der Waals surface area contributed by atoms with Gasteiger partial charge in [-0.1, -0.05) is 38.3 Å². The third kappa shape index (κ3) is 6.70. The number of hydrogen-bond acceptors (Lipinski definition) is 4. The molecular weight excluding hydrogens is 390 g/mol.